The molecule has 0 bridgehead atoms. The van der Waals surface area contributed by atoms with E-state index in [9.17, 15) is 9.90 Å². The van der Waals surface area contributed by atoms with Gasteiger partial charge in [0, 0.05) is 12.3 Å². The number of thioether (sulfide) groups is 1. The molecule has 0 saturated heterocycles. The first-order valence-electron chi connectivity index (χ1n) is 16.3. The van der Waals surface area contributed by atoms with Crippen LogP contribution in [0.5, 0.6) is 0 Å². The van der Waals surface area contributed by atoms with Crippen molar-refractivity contribution in [1.82, 2.24) is 0 Å². The smallest absolute Gasteiger partial charge is 0.155 e. The molecule has 3 saturated carbocycles. The zero-order chi connectivity index (χ0) is 27.2. The monoisotopic (exact) mass is 564 g/mol. The number of carbonyl (C=O) groups excluding carboxylic acids is 1. The molecule has 4 aliphatic carbocycles. The lowest BCUT2D eigenvalue weighted by Crippen LogP contribution is -2.56. The van der Waals surface area contributed by atoms with Gasteiger partial charge in [-0.15, -0.1) is 11.6 Å². The Hall–Kier alpha value is 0.01000. The lowest BCUT2D eigenvalue weighted by Gasteiger charge is -2.61. The highest BCUT2D eigenvalue weighted by Crippen LogP contribution is 2.69. The summed E-state index contributed by atoms with van der Waals surface area (Å²) in [4.78, 5) is 12.4. The minimum Gasteiger partial charge on any atom is -0.390 e. The maximum atomic E-state index is 12.4. The average Bonchev–Trinajstić information content (AvgIpc) is 3.13. The Morgan fingerprint density at radius 3 is 2.21 bits per heavy atom. The third-order valence-corrected chi connectivity index (χ3v) is 13.4. The maximum Gasteiger partial charge on any atom is 0.155 e. The van der Waals surface area contributed by atoms with E-state index in [1.54, 1.807) is 0 Å². The molecule has 4 rings (SSSR count). The lowest BCUT2D eigenvalue weighted by atomic mass is 9.44. The zero-order valence-electron chi connectivity index (χ0n) is 24.9. The number of hydrogen-bond acceptors (Lipinski definition) is 3. The third kappa shape index (κ3) is 6.73. The number of unbranched alkanes of at least 4 members (excludes halogenated alkanes) is 8. The summed E-state index contributed by atoms with van der Waals surface area (Å²) in [7, 11) is 0. The molecule has 38 heavy (non-hydrogen) atoms. The molecule has 0 aromatic carbocycles. The number of hydrogen-bond donors (Lipinski definition) is 1. The number of allylic oxidation sites excluding steroid dienone is 1. The van der Waals surface area contributed by atoms with Crippen molar-refractivity contribution in [2.75, 3.05) is 17.4 Å². The molecule has 0 amide bonds. The standard InChI is InChI=1S/C34H57ClO2S/c1-32-18-15-28(36)25-27(32)24-26(31-29(32)16-19-33(2)30(31)17-20-34(33,3)37)14-10-7-5-4-6-8-12-22-38-23-13-9-11-21-35/h25-26,29-31,37H,4-24H2,1-3H3/t26-,29+,30+,31-,32+,33+,34+/m1/s1. The van der Waals surface area contributed by atoms with E-state index in [4.69, 9.17) is 11.6 Å². The summed E-state index contributed by atoms with van der Waals surface area (Å²) < 4.78 is 0. The molecule has 0 aromatic heterocycles. The van der Waals surface area contributed by atoms with Gasteiger partial charge >= 0.3 is 0 Å². The van der Waals surface area contributed by atoms with Crippen LogP contribution in [0.2, 0.25) is 0 Å². The van der Waals surface area contributed by atoms with Gasteiger partial charge in [-0.2, -0.15) is 11.8 Å². The molecule has 4 aliphatic rings. The number of alkyl halides is 1. The van der Waals surface area contributed by atoms with Gasteiger partial charge in [-0.25, -0.2) is 0 Å². The summed E-state index contributed by atoms with van der Waals surface area (Å²) in [5.41, 5.74) is 1.25. The SMILES string of the molecule is C[C@]12CCC(=O)C=C1C[C@@H](CCCCCCCCCSCCCCCCl)[C@@H]1[C@@H]2CC[C@@]2(C)[C@H]1CC[C@]2(C)O. The van der Waals surface area contributed by atoms with E-state index in [0.29, 0.717) is 23.5 Å². The van der Waals surface area contributed by atoms with Gasteiger partial charge in [0.05, 0.1) is 5.60 Å². The molecule has 0 radical (unpaired) electrons. The largest absolute Gasteiger partial charge is 0.390 e. The predicted molar refractivity (Wildman–Crippen MR) is 165 cm³/mol. The molecule has 0 aromatic rings. The summed E-state index contributed by atoms with van der Waals surface area (Å²) in [5, 5.41) is 11.4. The molecule has 0 unspecified atom stereocenters. The van der Waals surface area contributed by atoms with Gasteiger partial charge in [0.2, 0.25) is 0 Å². The van der Waals surface area contributed by atoms with E-state index in [2.05, 4.69) is 38.6 Å². The Kier molecular flexibility index (Phi) is 11.2. The zero-order valence-corrected chi connectivity index (χ0v) is 26.5. The topological polar surface area (TPSA) is 37.3 Å². The molecule has 0 aliphatic heterocycles. The highest BCUT2D eigenvalue weighted by molar-refractivity contribution is 7.99. The summed E-state index contributed by atoms with van der Waals surface area (Å²) >= 11 is 7.88. The number of ketones is 1. The van der Waals surface area contributed by atoms with Crippen LogP contribution >= 0.6 is 23.4 Å². The van der Waals surface area contributed by atoms with Crippen LogP contribution in [-0.2, 0) is 4.79 Å². The van der Waals surface area contributed by atoms with Crippen molar-refractivity contribution in [2.45, 2.75) is 142 Å². The van der Waals surface area contributed by atoms with Gasteiger partial charge in [0.1, 0.15) is 0 Å². The quantitative estimate of drug-likeness (QED) is 0.159. The van der Waals surface area contributed by atoms with E-state index < -0.39 is 5.60 Å². The first-order valence-corrected chi connectivity index (χ1v) is 18.0. The van der Waals surface area contributed by atoms with Crippen LogP contribution in [0.15, 0.2) is 11.6 Å². The first kappa shape index (κ1) is 31.0. The van der Waals surface area contributed by atoms with Crippen molar-refractivity contribution in [3.63, 3.8) is 0 Å². The van der Waals surface area contributed by atoms with Crippen molar-refractivity contribution in [2.24, 2.45) is 34.5 Å². The molecule has 0 spiro atoms. The molecule has 218 valence electrons. The molecule has 7 atom stereocenters. The van der Waals surface area contributed by atoms with E-state index in [1.165, 1.54) is 101 Å². The molecular formula is C34H57ClO2S. The van der Waals surface area contributed by atoms with Crippen LogP contribution in [0.4, 0.5) is 0 Å². The predicted octanol–water partition coefficient (Wildman–Crippen LogP) is 9.76. The summed E-state index contributed by atoms with van der Waals surface area (Å²) in [6.45, 7) is 7.03. The van der Waals surface area contributed by atoms with Gasteiger partial charge in [0.15, 0.2) is 5.78 Å². The van der Waals surface area contributed by atoms with Crippen molar-refractivity contribution >= 4 is 29.1 Å². The average molecular weight is 565 g/mol. The van der Waals surface area contributed by atoms with Crippen LogP contribution in [0.25, 0.3) is 0 Å². The number of aliphatic hydroxyl groups is 1. The van der Waals surface area contributed by atoms with Gasteiger partial charge in [-0.3, -0.25) is 4.79 Å². The minimum atomic E-state index is -0.518. The van der Waals surface area contributed by atoms with Crippen molar-refractivity contribution in [3.8, 4) is 0 Å². The molecule has 4 heteroatoms. The Labute approximate surface area is 243 Å². The van der Waals surface area contributed by atoms with Crippen molar-refractivity contribution in [3.05, 3.63) is 11.6 Å². The normalized spacial score (nSPS) is 38.4. The molecule has 0 heterocycles. The van der Waals surface area contributed by atoms with E-state index >= 15 is 0 Å². The summed E-state index contributed by atoms with van der Waals surface area (Å²) in [6.07, 6.45) is 24.3. The summed E-state index contributed by atoms with van der Waals surface area (Å²) in [5.74, 6) is 6.59. The number of carbonyl (C=O) groups is 1. The Morgan fingerprint density at radius 1 is 0.868 bits per heavy atom. The second-order valence-electron chi connectivity index (χ2n) is 14.2. The van der Waals surface area contributed by atoms with Gasteiger partial charge < -0.3 is 5.11 Å². The third-order valence-electron chi connectivity index (χ3n) is 12.0. The second-order valence-corrected chi connectivity index (χ2v) is 15.8. The van der Waals surface area contributed by atoms with E-state index in [-0.39, 0.29) is 10.8 Å². The maximum absolute atomic E-state index is 12.4. The fraction of sp³-hybridized carbons (Fsp3) is 0.912. The Morgan fingerprint density at radius 2 is 1.50 bits per heavy atom. The second kappa shape index (κ2) is 13.8. The number of halogens is 1. The number of fused-ring (bicyclic) bond motifs is 5. The van der Waals surface area contributed by atoms with Crippen LogP contribution in [-0.4, -0.2) is 33.9 Å². The fourth-order valence-corrected chi connectivity index (χ4v) is 10.5. The Balaban J connectivity index is 1.24. The molecule has 1 N–H and O–H groups in total. The van der Waals surface area contributed by atoms with E-state index in [1.807, 2.05) is 0 Å². The Bertz CT molecular complexity index is 808. The molecular weight excluding hydrogens is 508 g/mol. The summed E-state index contributed by atoms with van der Waals surface area (Å²) in [6, 6.07) is 0. The highest BCUT2D eigenvalue weighted by atomic mass is 35.5. The minimum absolute atomic E-state index is 0.0664. The fourth-order valence-electron chi connectivity index (χ4n) is 9.32. The highest BCUT2D eigenvalue weighted by Gasteiger charge is 2.64. The van der Waals surface area contributed by atoms with Crippen LogP contribution < -0.4 is 0 Å². The first-order chi connectivity index (χ1) is 18.2. The number of rotatable bonds is 15. The van der Waals surface area contributed by atoms with Gasteiger partial charge in [-0.1, -0.05) is 64.4 Å². The van der Waals surface area contributed by atoms with E-state index in [0.717, 1.165) is 43.9 Å². The van der Waals surface area contributed by atoms with Gasteiger partial charge in [0.25, 0.3) is 0 Å². The van der Waals surface area contributed by atoms with Crippen molar-refractivity contribution in [1.29, 1.82) is 0 Å². The lowest BCUT2D eigenvalue weighted by molar-refractivity contribution is -0.135. The molecule has 2 nitrogen and oxygen atoms in total. The van der Waals surface area contributed by atoms with Crippen LogP contribution in [0, 0.1) is 34.5 Å². The van der Waals surface area contributed by atoms with Crippen molar-refractivity contribution < 1.29 is 9.90 Å². The van der Waals surface area contributed by atoms with Gasteiger partial charge in [-0.05, 0) is 123 Å². The van der Waals surface area contributed by atoms with Crippen LogP contribution in [0.1, 0.15) is 136 Å². The van der Waals surface area contributed by atoms with Crippen LogP contribution in [0.3, 0.4) is 0 Å². The molecule has 3 fully saturated rings.